The summed E-state index contributed by atoms with van der Waals surface area (Å²) in [6.07, 6.45) is 1.55. The number of aromatic nitrogens is 1. The van der Waals surface area contributed by atoms with Gasteiger partial charge in [-0.1, -0.05) is 11.6 Å². The van der Waals surface area contributed by atoms with Crippen LogP contribution in [-0.4, -0.2) is 4.98 Å². The molecule has 21 heavy (non-hydrogen) atoms. The van der Waals surface area contributed by atoms with Crippen molar-refractivity contribution in [1.29, 1.82) is 5.26 Å². The maximum atomic E-state index is 13.0. The summed E-state index contributed by atoms with van der Waals surface area (Å²) in [5, 5.41) is 13.3. The number of aryl methyl sites for hydroxylation is 1. The van der Waals surface area contributed by atoms with Gasteiger partial charge in [0.25, 0.3) is 0 Å². The molecule has 0 aliphatic rings. The summed E-state index contributed by atoms with van der Waals surface area (Å²) in [5.74, 6) is -0.295. The fourth-order valence-corrected chi connectivity index (χ4v) is 2.20. The van der Waals surface area contributed by atoms with Crippen molar-refractivity contribution in [2.24, 2.45) is 0 Å². The Labute approximate surface area is 121 Å². The van der Waals surface area contributed by atoms with E-state index in [9.17, 15) is 9.65 Å². The first kappa shape index (κ1) is 13.1. The van der Waals surface area contributed by atoms with E-state index in [-0.39, 0.29) is 5.82 Å². The molecular formula is C17H12FN3. The Morgan fingerprint density at radius 3 is 2.62 bits per heavy atom. The van der Waals surface area contributed by atoms with E-state index in [0.717, 1.165) is 22.2 Å². The zero-order valence-electron chi connectivity index (χ0n) is 11.4. The van der Waals surface area contributed by atoms with Crippen molar-refractivity contribution in [3.8, 4) is 6.07 Å². The summed E-state index contributed by atoms with van der Waals surface area (Å²) in [7, 11) is 0. The van der Waals surface area contributed by atoms with Crippen LogP contribution in [0.15, 0.2) is 48.7 Å². The van der Waals surface area contributed by atoms with Gasteiger partial charge in [0.05, 0.1) is 16.8 Å². The van der Waals surface area contributed by atoms with E-state index in [1.807, 2.05) is 25.1 Å². The summed E-state index contributed by atoms with van der Waals surface area (Å²) in [6.45, 7) is 1.99. The Morgan fingerprint density at radius 1 is 1.14 bits per heavy atom. The van der Waals surface area contributed by atoms with Crippen LogP contribution in [0.5, 0.6) is 0 Å². The molecule has 2 aromatic carbocycles. The molecule has 0 atom stereocenters. The third-order valence-corrected chi connectivity index (χ3v) is 3.26. The number of anilines is 2. The molecule has 0 aliphatic heterocycles. The average Bonchev–Trinajstić information content (AvgIpc) is 2.50. The van der Waals surface area contributed by atoms with E-state index in [2.05, 4.69) is 16.4 Å². The van der Waals surface area contributed by atoms with Gasteiger partial charge in [0.1, 0.15) is 11.9 Å². The highest BCUT2D eigenvalue weighted by molar-refractivity contribution is 5.96. The Morgan fingerprint density at radius 2 is 1.90 bits per heavy atom. The number of nitriles is 1. The number of halogens is 1. The van der Waals surface area contributed by atoms with Crippen LogP contribution in [0, 0.1) is 24.1 Å². The number of rotatable bonds is 2. The molecule has 1 N–H and O–H groups in total. The van der Waals surface area contributed by atoms with Crippen molar-refractivity contribution in [2.45, 2.75) is 6.92 Å². The van der Waals surface area contributed by atoms with Crippen LogP contribution in [0.1, 0.15) is 11.1 Å². The molecule has 0 radical (unpaired) electrons. The lowest BCUT2D eigenvalue weighted by Gasteiger charge is -2.12. The molecule has 3 aromatic rings. The van der Waals surface area contributed by atoms with Crippen LogP contribution in [0.25, 0.3) is 10.9 Å². The van der Waals surface area contributed by atoms with Gasteiger partial charge in [-0.15, -0.1) is 0 Å². The van der Waals surface area contributed by atoms with E-state index in [4.69, 9.17) is 0 Å². The van der Waals surface area contributed by atoms with Crippen LogP contribution >= 0.6 is 0 Å². The van der Waals surface area contributed by atoms with Crippen molar-refractivity contribution < 1.29 is 4.39 Å². The molecule has 0 unspecified atom stereocenters. The lowest BCUT2D eigenvalue weighted by molar-refractivity contribution is 0.628. The van der Waals surface area contributed by atoms with E-state index >= 15 is 0 Å². The normalized spacial score (nSPS) is 10.3. The first-order valence-electron chi connectivity index (χ1n) is 6.49. The van der Waals surface area contributed by atoms with Gasteiger partial charge in [0.15, 0.2) is 0 Å². The molecule has 4 heteroatoms. The summed E-state index contributed by atoms with van der Waals surface area (Å²) in [4.78, 5) is 4.29. The van der Waals surface area contributed by atoms with E-state index < -0.39 is 0 Å². The maximum Gasteiger partial charge on any atom is 0.123 e. The number of fused-ring (bicyclic) bond motifs is 1. The molecule has 0 saturated heterocycles. The van der Waals surface area contributed by atoms with Crippen molar-refractivity contribution in [1.82, 2.24) is 4.98 Å². The monoisotopic (exact) mass is 277 g/mol. The molecule has 102 valence electrons. The fourth-order valence-electron chi connectivity index (χ4n) is 2.20. The molecule has 3 nitrogen and oxygen atoms in total. The number of benzene rings is 2. The quantitative estimate of drug-likeness (QED) is 0.759. The minimum atomic E-state index is -0.295. The number of nitrogens with zero attached hydrogens (tertiary/aromatic N) is 2. The lowest BCUT2D eigenvalue weighted by atomic mass is 10.1. The fraction of sp³-hybridized carbons (Fsp3) is 0.0588. The standard InChI is InChI=1S/C17H12FN3/c1-11-2-7-16-15(8-11)17(12(9-19)10-20-16)21-14-5-3-13(18)4-6-14/h2-8,10H,1H3,(H,20,21). The minimum Gasteiger partial charge on any atom is -0.354 e. The highest BCUT2D eigenvalue weighted by Gasteiger charge is 2.09. The SMILES string of the molecule is Cc1ccc2ncc(C#N)c(Nc3ccc(F)cc3)c2c1. The van der Waals surface area contributed by atoms with Crippen molar-refractivity contribution in [3.05, 3.63) is 65.6 Å². The van der Waals surface area contributed by atoms with Crippen LogP contribution in [0.4, 0.5) is 15.8 Å². The van der Waals surface area contributed by atoms with Crippen LogP contribution < -0.4 is 5.32 Å². The largest absolute Gasteiger partial charge is 0.354 e. The first-order chi connectivity index (χ1) is 10.2. The van der Waals surface area contributed by atoms with Gasteiger partial charge < -0.3 is 5.32 Å². The summed E-state index contributed by atoms with van der Waals surface area (Å²) < 4.78 is 13.0. The average molecular weight is 277 g/mol. The molecule has 0 bridgehead atoms. The third kappa shape index (κ3) is 2.54. The van der Waals surface area contributed by atoms with E-state index in [0.29, 0.717) is 11.3 Å². The molecule has 0 spiro atoms. The molecule has 0 aliphatic carbocycles. The Hall–Kier alpha value is -2.93. The molecule has 1 heterocycles. The molecular weight excluding hydrogens is 265 g/mol. The number of nitrogens with one attached hydrogen (secondary N) is 1. The van der Waals surface area contributed by atoms with Gasteiger partial charge in [0.2, 0.25) is 0 Å². The number of hydrogen-bond acceptors (Lipinski definition) is 3. The third-order valence-electron chi connectivity index (χ3n) is 3.26. The maximum absolute atomic E-state index is 13.0. The second-order valence-corrected chi connectivity index (χ2v) is 4.81. The zero-order chi connectivity index (χ0) is 14.8. The van der Waals surface area contributed by atoms with Gasteiger partial charge in [0, 0.05) is 17.3 Å². The van der Waals surface area contributed by atoms with Crippen molar-refractivity contribution in [3.63, 3.8) is 0 Å². The first-order valence-corrected chi connectivity index (χ1v) is 6.49. The van der Waals surface area contributed by atoms with Gasteiger partial charge in [-0.05, 0) is 43.3 Å². The Bertz CT molecular complexity index is 848. The number of hydrogen-bond donors (Lipinski definition) is 1. The second kappa shape index (κ2) is 5.22. The smallest absolute Gasteiger partial charge is 0.123 e. The predicted molar refractivity (Wildman–Crippen MR) is 80.9 cm³/mol. The highest BCUT2D eigenvalue weighted by Crippen LogP contribution is 2.29. The second-order valence-electron chi connectivity index (χ2n) is 4.81. The Kier molecular flexibility index (Phi) is 3.25. The lowest BCUT2D eigenvalue weighted by Crippen LogP contribution is -1.97. The van der Waals surface area contributed by atoms with Gasteiger partial charge in [-0.25, -0.2) is 4.39 Å². The minimum absolute atomic E-state index is 0.295. The molecule has 0 amide bonds. The van der Waals surface area contributed by atoms with Crippen LogP contribution in [0.3, 0.4) is 0 Å². The zero-order valence-corrected chi connectivity index (χ0v) is 11.4. The summed E-state index contributed by atoms with van der Waals surface area (Å²) in [6, 6.07) is 14.0. The van der Waals surface area contributed by atoms with Gasteiger partial charge in [-0.2, -0.15) is 5.26 Å². The van der Waals surface area contributed by atoms with Crippen LogP contribution in [-0.2, 0) is 0 Å². The predicted octanol–water partition coefficient (Wildman–Crippen LogP) is 4.30. The highest BCUT2D eigenvalue weighted by atomic mass is 19.1. The van der Waals surface area contributed by atoms with E-state index in [1.165, 1.54) is 12.1 Å². The van der Waals surface area contributed by atoms with E-state index in [1.54, 1.807) is 18.3 Å². The summed E-state index contributed by atoms with van der Waals surface area (Å²) >= 11 is 0. The number of pyridine rings is 1. The van der Waals surface area contributed by atoms with Crippen molar-refractivity contribution in [2.75, 3.05) is 5.32 Å². The Balaban J connectivity index is 2.17. The molecule has 3 rings (SSSR count). The topological polar surface area (TPSA) is 48.7 Å². The van der Waals surface area contributed by atoms with Gasteiger partial charge >= 0.3 is 0 Å². The van der Waals surface area contributed by atoms with Gasteiger partial charge in [-0.3, -0.25) is 4.98 Å². The molecule has 1 aromatic heterocycles. The molecule has 0 saturated carbocycles. The van der Waals surface area contributed by atoms with Crippen molar-refractivity contribution >= 4 is 22.3 Å². The summed E-state index contributed by atoms with van der Waals surface area (Å²) in [5.41, 5.74) is 3.77. The van der Waals surface area contributed by atoms with Crippen LogP contribution in [0.2, 0.25) is 0 Å². The molecule has 0 fully saturated rings.